The molecular weight excluding hydrogens is 266 g/mol. The first-order valence-electron chi connectivity index (χ1n) is 7.60. The summed E-state index contributed by atoms with van der Waals surface area (Å²) in [7, 11) is 0. The van der Waals surface area contributed by atoms with Crippen LogP contribution in [-0.4, -0.2) is 34.5 Å². The van der Waals surface area contributed by atoms with Gasteiger partial charge in [0.25, 0.3) is 5.91 Å². The van der Waals surface area contributed by atoms with E-state index in [9.17, 15) is 14.7 Å². The van der Waals surface area contributed by atoms with Crippen LogP contribution >= 0.6 is 0 Å². The van der Waals surface area contributed by atoms with E-state index in [2.05, 4.69) is 6.92 Å². The molecule has 1 fully saturated rings. The second kappa shape index (κ2) is 9.29. The average Bonchev–Trinajstić information content (AvgIpc) is 2.87. The molecule has 4 heteroatoms. The third-order valence-corrected chi connectivity index (χ3v) is 3.36. The summed E-state index contributed by atoms with van der Waals surface area (Å²) in [6.07, 6.45) is 12.1. The van der Waals surface area contributed by atoms with E-state index in [1.165, 1.54) is 11.0 Å². The summed E-state index contributed by atoms with van der Waals surface area (Å²) in [4.78, 5) is 24.4. The Kier molecular flexibility index (Phi) is 7.69. The van der Waals surface area contributed by atoms with Gasteiger partial charge in [0.15, 0.2) is 0 Å². The van der Waals surface area contributed by atoms with Gasteiger partial charge in [-0.25, -0.2) is 0 Å². The molecule has 0 unspecified atom stereocenters. The molecule has 0 aliphatic carbocycles. The zero-order chi connectivity index (χ0) is 15.7. The first kappa shape index (κ1) is 17.4. The Balaban J connectivity index is 2.42. The molecule has 1 heterocycles. The number of amides is 2. The van der Waals surface area contributed by atoms with Crippen LogP contribution in [0.2, 0.25) is 0 Å². The van der Waals surface area contributed by atoms with Crippen molar-refractivity contribution in [3.63, 3.8) is 0 Å². The lowest BCUT2D eigenvalue weighted by atomic mass is 10.1. The molecule has 4 nitrogen and oxygen atoms in total. The Morgan fingerprint density at radius 1 is 1.38 bits per heavy atom. The number of aliphatic hydroxyl groups excluding tert-OH is 1. The van der Waals surface area contributed by atoms with Crippen LogP contribution in [0.4, 0.5) is 0 Å². The molecule has 1 saturated heterocycles. The quantitative estimate of drug-likeness (QED) is 0.579. The number of unbranched alkanes of at least 4 members (excludes halogenated alkanes) is 1. The van der Waals surface area contributed by atoms with Gasteiger partial charge in [-0.05, 0) is 19.8 Å². The molecule has 0 radical (unpaired) electrons. The first-order valence-corrected chi connectivity index (χ1v) is 7.60. The molecule has 1 aliphatic rings. The molecule has 1 atom stereocenters. The minimum atomic E-state index is -0.414. The Bertz CT molecular complexity index is 449. The van der Waals surface area contributed by atoms with Crippen LogP contribution in [0.3, 0.4) is 0 Å². The number of allylic oxidation sites excluding steroid dienone is 4. The van der Waals surface area contributed by atoms with Crippen molar-refractivity contribution in [3.8, 4) is 0 Å². The fraction of sp³-hybridized carbons (Fsp3) is 0.529. The third-order valence-electron chi connectivity index (χ3n) is 3.36. The number of carbonyl (C=O) groups excluding carboxylic acids is 2. The van der Waals surface area contributed by atoms with Crippen LogP contribution < -0.4 is 0 Å². The highest BCUT2D eigenvalue weighted by atomic mass is 16.3. The maximum absolute atomic E-state index is 11.7. The molecule has 0 spiro atoms. The Hall–Kier alpha value is -1.68. The van der Waals surface area contributed by atoms with Gasteiger partial charge in [0.05, 0.1) is 6.10 Å². The topological polar surface area (TPSA) is 57.6 Å². The average molecular weight is 291 g/mol. The van der Waals surface area contributed by atoms with E-state index in [0.29, 0.717) is 13.0 Å². The maximum atomic E-state index is 11.7. The highest BCUT2D eigenvalue weighted by Gasteiger charge is 2.24. The number of aliphatic hydroxyl groups is 1. The van der Waals surface area contributed by atoms with Gasteiger partial charge in [-0.3, -0.25) is 14.5 Å². The van der Waals surface area contributed by atoms with Crippen molar-refractivity contribution in [2.24, 2.45) is 0 Å². The summed E-state index contributed by atoms with van der Waals surface area (Å²) in [6, 6.07) is 0. The zero-order valence-corrected chi connectivity index (χ0v) is 12.9. The van der Waals surface area contributed by atoms with Crippen molar-refractivity contribution < 1.29 is 14.7 Å². The van der Waals surface area contributed by atoms with Gasteiger partial charge in [0, 0.05) is 19.0 Å². The lowest BCUT2D eigenvalue weighted by Gasteiger charge is -2.09. The van der Waals surface area contributed by atoms with E-state index in [1.54, 1.807) is 12.2 Å². The van der Waals surface area contributed by atoms with Crippen molar-refractivity contribution >= 4 is 11.8 Å². The standard InChI is InChI=1S/C17H25NO3/c1-3-4-9-15(19)13-14(2)8-5-6-10-16(20)18-12-7-11-17(18)21/h5-6,8,10,13,15,19H,3-4,7,9,11-12H2,1-2H3/b8-5+,10-6-,14-13+/t15-/m0/s1. The monoisotopic (exact) mass is 291 g/mol. The Labute approximate surface area is 126 Å². The van der Waals surface area contributed by atoms with Gasteiger partial charge in [0.2, 0.25) is 5.91 Å². The lowest BCUT2D eigenvalue weighted by molar-refractivity contribution is -0.138. The van der Waals surface area contributed by atoms with Crippen LogP contribution in [0, 0.1) is 0 Å². The second-order valence-electron chi connectivity index (χ2n) is 5.33. The van der Waals surface area contributed by atoms with Crippen molar-refractivity contribution in [2.75, 3.05) is 6.54 Å². The number of rotatable bonds is 7. The molecule has 116 valence electrons. The number of hydrogen-bond acceptors (Lipinski definition) is 3. The van der Waals surface area contributed by atoms with E-state index in [1.807, 2.05) is 19.1 Å². The van der Waals surface area contributed by atoms with Crippen LogP contribution in [0.15, 0.2) is 36.0 Å². The Morgan fingerprint density at radius 3 is 2.71 bits per heavy atom. The minimum absolute atomic E-state index is 0.0937. The fourth-order valence-corrected chi connectivity index (χ4v) is 2.17. The fourth-order valence-electron chi connectivity index (χ4n) is 2.17. The number of nitrogens with zero attached hydrogens (tertiary/aromatic N) is 1. The van der Waals surface area contributed by atoms with Gasteiger partial charge >= 0.3 is 0 Å². The van der Waals surface area contributed by atoms with Gasteiger partial charge in [-0.2, -0.15) is 0 Å². The van der Waals surface area contributed by atoms with E-state index >= 15 is 0 Å². The maximum Gasteiger partial charge on any atom is 0.253 e. The molecule has 2 amide bonds. The number of likely N-dealkylation sites (tertiary alicyclic amines) is 1. The van der Waals surface area contributed by atoms with Crippen molar-refractivity contribution in [2.45, 2.75) is 52.1 Å². The zero-order valence-electron chi connectivity index (χ0n) is 12.9. The van der Waals surface area contributed by atoms with Crippen molar-refractivity contribution in [1.29, 1.82) is 0 Å². The lowest BCUT2D eigenvalue weighted by Crippen LogP contribution is -2.30. The predicted octanol–water partition coefficient (Wildman–Crippen LogP) is 2.75. The number of carbonyl (C=O) groups is 2. The van der Waals surface area contributed by atoms with Gasteiger partial charge in [-0.1, -0.05) is 49.6 Å². The molecule has 0 aromatic carbocycles. The third kappa shape index (κ3) is 6.54. The van der Waals surface area contributed by atoms with Crippen molar-refractivity contribution in [1.82, 2.24) is 4.90 Å². The van der Waals surface area contributed by atoms with Crippen LogP contribution in [-0.2, 0) is 9.59 Å². The summed E-state index contributed by atoms with van der Waals surface area (Å²) in [5, 5.41) is 9.74. The van der Waals surface area contributed by atoms with Crippen LogP contribution in [0.25, 0.3) is 0 Å². The summed E-state index contributed by atoms with van der Waals surface area (Å²) in [5.41, 5.74) is 0.952. The molecule has 21 heavy (non-hydrogen) atoms. The predicted molar refractivity (Wildman–Crippen MR) is 83.5 cm³/mol. The van der Waals surface area contributed by atoms with E-state index in [0.717, 1.165) is 31.3 Å². The van der Waals surface area contributed by atoms with Gasteiger partial charge in [0.1, 0.15) is 0 Å². The number of hydrogen-bond donors (Lipinski definition) is 1. The summed E-state index contributed by atoms with van der Waals surface area (Å²) < 4.78 is 0. The van der Waals surface area contributed by atoms with Crippen molar-refractivity contribution in [3.05, 3.63) is 36.0 Å². The summed E-state index contributed by atoms with van der Waals surface area (Å²) >= 11 is 0. The molecule has 0 saturated carbocycles. The smallest absolute Gasteiger partial charge is 0.253 e. The van der Waals surface area contributed by atoms with E-state index < -0.39 is 6.10 Å². The molecule has 1 N–H and O–H groups in total. The van der Waals surface area contributed by atoms with Gasteiger partial charge in [-0.15, -0.1) is 0 Å². The largest absolute Gasteiger partial charge is 0.389 e. The van der Waals surface area contributed by atoms with Crippen LogP contribution in [0.1, 0.15) is 46.0 Å². The molecule has 1 aliphatic heterocycles. The van der Waals surface area contributed by atoms with E-state index in [4.69, 9.17) is 0 Å². The Morgan fingerprint density at radius 2 is 2.10 bits per heavy atom. The molecule has 0 aromatic rings. The summed E-state index contributed by atoms with van der Waals surface area (Å²) in [5.74, 6) is -0.351. The number of imide groups is 1. The van der Waals surface area contributed by atoms with Gasteiger partial charge < -0.3 is 5.11 Å². The summed E-state index contributed by atoms with van der Waals surface area (Å²) in [6.45, 7) is 4.52. The molecule has 0 aromatic heterocycles. The van der Waals surface area contributed by atoms with E-state index in [-0.39, 0.29) is 11.8 Å². The minimum Gasteiger partial charge on any atom is -0.389 e. The molecule has 1 rings (SSSR count). The molecule has 0 bridgehead atoms. The highest BCUT2D eigenvalue weighted by molar-refractivity contribution is 6.02. The highest BCUT2D eigenvalue weighted by Crippen LogP contribution is 2.10. The van der Waals surface area contributed by atoms with Crippen LogP contribution in [0.5, 0.6) is 0 Å². The molecular formula is C17H25NO3. The first-order chi connectivity index (χ1) is 10.0. The second-order valence-corrected chi connectivity index (χ2v) is 5.33. The normalized spacial score (nSPS) is 18.1. The SMILES string of the molecule is CCCC[C@H](O)/C=C(C)/C=C/C=C\C(=O)N1CCCC1=O.